The minimum Gasteiger partial charge on any atom is -0.378 e. The summed E-state index contributed by atoms with van der Waals surface area (Å²) < 4.78 is 4.90. The Bertz CT molecular complexity index is 1310. The van der Waals surface area contributed by atoms with Gasteiger partial charge in [-0.05, 0) is 67.2 Å². The van der Waals surface area contributed by atoms with Gasteiger partial charge in [0.2, 0.25) is 4.77 Å². The molecule has 0 bridgehead atoms. The van der Waals surface area contributed by atoms with Crippen molar-refractivity contribution in [3.05, 3.63) is 104 Å². The average molecular weight is 528 g/mol. The lowest BCUT2D eigenvalue weighted by atomic mass is 10.1. The average Bonchev–Trinajstić information content (AvgIpc) is 3.09. The van der Waals surface area contributed by atoms with E-state index < -0.39 is 0 Å². The minimum absolute atomic E-state index is 0.0553. The van der Waals surface area contributed by atoms with Crippen molar-refractivity contribution in [2.45, 2.75) is 20.0 Å². The third-order valence-electron chi connectivity index (χ3n) is 5.02. The standard InChI is InChI=1S/C24H20BrClN4OS/c1-16-4-2-3-5-21(16)30-23(14-27-20-12-10-19(26)11-13-20)28-29(24(30)32)15-22(31)17-6-8-18(25)9-7-17/h2-13,27H,14-15H2,1H3. The molecule has 8 heteroatoms. The molecular weight excluding hydrogens is 508 g/mol. The van der Waals surface area contributed by atoms with Crippen LogP contribution in [-0.4, -0.2) is 20.1 Å². The highest BCUT2D eigenvalue weighted by Crippen LogP contribution is 2.20. The Morgan fingerprint density at radius 1 is 1.06 bits per heavy atom. The largest absolute Gasteiger partial charge is 0.378 e. The van der Waals surface area contributed by atoms with E-state index in [0.717, 1.165) is 21.4 Å². The second kappa shape index (κ2) is 9.81. The number of ketones is 1. The Kier molecular flexibility index (Phi) is 6.89. The second-order valence-electron chi connectivity index (χ2n) is 7.27. The number of nitrogens with one attached hydrogen (secondary N) is 1. The summed E-state index contributed by atoms with van der Waals surface area (Å²) >= 11 is 15.1. The van der Waals surface area contributed by atoms with Gasteiger partial charge in [0, 0.05) is 20.7 Å². The van der Waals surface area contributed by atoms with Gasteiger partial charge in [0.1, 0.15) is 6.54 Å². The van der Waals surface area contributed by atoms with E-state index in [9.17, 15) is 4.79 Å². The molecule has 32 heavy (non-hydrogen) atoms. The molecule has 0 saturated carbocycles. The van der Waals surface area contributed by atoms with Crippen molar-refractivity contribution >= 4 is 51.2 Å². The van der Waals surface area contributed by atoms with E-state index in [1.54, 1.807) is 16.8 Å². The lowest BCUT2D eigenvalue weighted by Crippen LogP contribution is -2.12. The van der Waals surface area contributed by atoms with Crippen molar-refractivity contribution in [1.29, 1.82) is 0 Å². The van der Waals surface area contributed by atoms with Crippen molar-refractivity contribution in [3.8, 4) is 5.69 Å². The number of anilines is 1. The Labute approximate surface area is 204 Å². The van der Waals surface area contributed by atoms with Crippen LogP contribution in [0, 0.1) is 11.7 Å². The van der Waals surface area contributed by atoms with Gasteiger partial charge in [-0.25, -0.2) is 4.68 Å². The second-order valence-corrected chi connectivity index (χ2v) is 8.99. The third kappa shape index (κ3) is 5.01. The molecule has 0 atom stereocenters. The first kappa shape index (κ1) is 22.5. The molecule has 0 aliphatic rings. The van der Waals surface area contributed by atoms with E-state index in [1.165, 1.54) is 0 Å². The van der Waals surface area contributed by atoms with Crippen LogP contribution in [0.2, 0.25) is 5.02 Å². The number of Topliss-reactive ketones (excluding diaryl/α,β-unsaturated/α-hetero) is 1. The van der Waals surface area contributed by atoms with Gasteiger partial charge in [0.25, 0.3) is 0 Å². The van der Waals surface area contributed by atoms with Crippen molar-refractivity contribution in [2.75, 3.05) is 5.32 Å². The molecule has 0 aliphatic carbocycles. The highest BCUT2D eigenvalue weighted by atomic mass is 79.9. The van der Waals surface area contributed by atoms with Crippen LogP contribution in [0.3, 0.4) is 0 Å². The van der Waals surface area contributed by atoms with Crippen LogP contribution in [0.4, 0.5) is 5.69 Å². The maximum absolute atomic E-state index is 12.9. The highest BCUT2D eigenvalue weighted by molar-refractivity contribution is 9.10. The van der Waals surface area contributed by atoms with Crippen LogP contribution in [0.25, 0.3) is 5.69 Å². The Morgan fingerprint density at radius 2 is 1.75 bits per heavy atom. The Balaban J connectivity index is 1.68. The molecule has 0 unspecified atom stereocenters. The topological polar surface area (TPSA) is 51.9 Å². The number of rotatable bonds is 7. The molecule has 0 fully saturated rings. The van der Waals surface area contributed by atoms with E-state index in [-0.39, 0.29) is 12.3 Å². The Hall–Kier alpha value is -2.74. The zero-order valence-electron chi connectivity index (χ0n) is 17.3. The summed E-state index contributed by atoms with van der Waals surface area (Å²) in [5.74, 6) is 0.656. The normalized spacial score (nSPS) is 10.8. The van der Waals surface area contributed by atoms with Gasteiger partial charge in [0.05, 0.1) is 12.2 Å². The first-order valence-electron chi connectivity index (χ1n) is 9.95. The Morgan fingerprint density at radius 3 is 2.44 bits per heavy atom. The summed E-state index contributed by atoms with van der Waals surface area (Å²) in [6.45, 7) is 2.52. The monoisotopic (exact) mass is 526 g/mol. The lowest BCUT2D eigenvalue weighted by molar-refractivity contribution is 0.0967. The molecule has 5 nitrogen and oxygen atoms in total. The van der Waals surface area contributed by atoms with Crippen molar-refractivity contribution in [2.24, 2.45) is 0 Å². The molecule has 0 radical (unpaired) electrons. The van der Waals surface area contributed by atoms with Gasteiger partial charge in [-0.2, -0.15) is 5.10 Å². The number of para-hydroxylation sites is 1. The fourth-order valence-corrected chi connectivity index (χ4v) is 4.04. The highest BCUT2D eigenvalue weighted by Gasteiger charge is 2.17. The zero-order valence-corrected chi connectivity index (χ0v) is 20.4. The van der Waals surface area contributed by atoms with E-state index >= 15 is 0 Å². The van der Waals surface area contributed by atoms with Crippen LogP contribution in [-0.2, 0) is 13.1 Å². The predicted molar refractivity (Wildman–Crippen MR) is 134 cm³/mol. The molecule has 0 aliphatic heterocycles. The summed E-state index contributed by atoms with van der Waals surface area (Å²) in [6.07, 6.45) is 0. The zero-order chi connectivity index (χ0) is 22.7. The molecule has 1 aromatic heterocycles. The maximum Gasteiger partial charge on any atom is 0.203 e. The summed E-state index contributed by atoms with van der Waals surface area (Å²) in [5, 5.41) is 8.73. The van der Waals surface area contributed by atoms with Crippen LogP contribution >= 0.6 is 39.7 Å². The molecule has 0 saturated heterocycles. The van der Waals surface area contributed by atoms with Gasteiger partial charge in [-0.3, -0.25) is 9.36 Å². The van der Waals surface area contributed by atoms with E-state index in [4.69, 9.17) is 28.9 Å². The van der Waals surface area contributed by atoms with Gasteiger partial charge >= 0.3 is 0 Å². The number of hydrogen-bond acceptors (Lipinski definition) is 4. The van der Waals surface area contributed by atoms with Crippen molar-refractivity contribution < 1.29 is 4.79 Å². The summed E-state index contributed by atoms with van der Waals surface area (Å²) in [5.41, 5.74) is 3.53. The van der Waals surface area contributed by atoms with Gasteiger partial charge in [-0.1, -0.05) is 57.9 Å². The number of aryl methyl sites for hydroxylation is 1. The van der Waals surface area contributed by atoms with Gasteiger partial charge in [-0.15, -0.1) is 0 Å². The quantitative estimate of drug-likeness (QED) is 0.217. The van der Waals surface area contributed by atoms with E-state index in [2.05, 4.69) is 21.2 Å². The molecule has 3 aromatic carbocycles. The van der Waals surface area contributed by atoms with E-state index in [0.29, 0.717) is 27.7 Å². The number of halogens is 2. The van der Waals surface area contributed by atoms with E-state index in [1.807, 2.05) is 72.2 Å². The van der Waals surface area contributed by atoms with Crippen LogP contribution in [0.15, 0.2) is 77.3 Å². The molecule has 4 aromatic rings. The predicted octanol–water partition coefficient (Wildman–Crippen LogP) is 6.62. The summed E-state index contributed by atoms with van der Waals surface area (Å²) in [4.78, 5) is 12.9. The molecule has 1 heterocycles. The number of hydrogen-bond donors (Lipinski definition) is 1. The first-order valence-corrected chi connectivity index (χ1v) is 11.5. The molecular formula is C24H20BrClN4OS. The summed E-state index contributed by atoms with van der Waals surface area (Å²) in [6, 6.07) is 22.7. The molecule has 0 amide bonds. The third-order valence-corrected chi connectivity index (χ3v) is 6.19. The van der Waals surface area contributed by atoms with Crippen LogP contribution in [0.1, 0.15) is 21.7 Å². The fraction of sp³-hybridized carbons (Fsp3) is 0.125. The maximum atomic E-state index is 12.9. The fourth-order valence-electron chi connectivity index (χ4n) is 3.34. The summed E-state index contributed by atoms with van der Waals surface area (Å²) in [7, 11) is 0. The van der Waals surface area contributed by atoms with Crippen molar-refractivity contribution in [1.82, 2.24) is 14.3 Å². The van der Waals surface area contributed by atoms with Crippen LogP contribution < -0.4 is 5.32 Å². The SMILES string of the molecule is Cc1ccccc1-n1c(CNc2ccc(Cl)cc2)nn(CC(=O)c2ccc(Br)cc2)c1=S. The molecule has 1 N–H and O–H groups in total. The lowest BCUT2D eigenvalue weighted by Gasteiger charge is -2.11. The number of nitrogens with zero attached hydrogens (tertiary/aromatic N) is 3. The molecule has 0 spiro atoms. The van der Waals surface area contributed by atoms with Crippen molar-refractivity contribution in [3.63, 3.8) is 0 Å². The first-order chi connectivity index (χ1) is 15.4. The number of aromatic nitrogens is 3. The minimum atomic E-state index is -0.0553. The number of benzene rings is 3. The molecule has 4 rings (SSSR count). The number of carbonyl (C=O) groups is 1. The number of carbonyl (C=O) groups excluding carboxylic acids is 1. The smallest absolute Gasteiger partial charge is 0.203 e. The van der Waals surface area contributed by atoms with Gasteiger partial charge < -0.3 is 5.32 Å². The van der Waals surface area contributed by atoms with Crippen LogP contribution in [0.5, 0.6) is 0 Å². The molecule has 162 valence electrons. The van der Waals surface area contributed by atoms with Gasteiger partial charge in [0.15, 0.2) is 11.6 Å².